The van der Waals surface area contributed by atoms with Gasteiger partial charge in [-0.2, -0.15) is 5.26 Å². The molecule has 6 atom stereocenters. The lowest BCUT2D eigenvalue weighted by Crippen LogP contribution is -2.41. The number of nitrogens with zero attached hydrogens (tertiary/aromatic N) is 3. The minimum absolute atomic E-state index is 0.00426. The molecule has 3 fully saturated rings. The highest BCUT2D eigenvalue weighted by atomic mass is 16.6. The summed E-state index contributed by atoms with van der Waals surface area (Å²) < 4.78 is 5.33. The Labute approximate surface area is 178 Å². The molecule has 0 unspecified atom stereocenters. The third-order valence-corrected chi connectivity index (χ3v) is 7.16. The molecule has 31 heavy (non-hydrogen) atoms. The van der Waals surface area contributed by atoms with E-state index >= 15 is 0 Å². The Hall–Kier alpha value is -3.66. The summed E-state index contributed by atoms with van der Waals surface area (Å²) >= 11 is 0. The lowest BCUT2D eigenvalue weighted by atomic mass is 9.71. The summed E-state index contributed by atoms with van der Waals surface area (Å²) in [6.07, 6.45) is 0.649. The monoisotopic (exact) mass is 413 g/mol. The molecule has 6 rings (SSSR count). The minimum Gasteiger partial charge on any atom is -0.479 e. The highest BCUT2D eigenvalue weighted by Gasteiger charge is 2.70. The molecule has 4 aliphatic rings. The van der Waals surface area contributed by atoms with Crippen molar-refractivity contribution in [2.24, 2.45) is 34.7 Å². The molecule has 2 amide bonds. The van der Waals surface area contributed by atoms with Gasteiger partial charge in [0.1, 0.15) is 17.9 Å². The molecule has 0 aromatic heterocycles. The van der Waals surface area contributed by atoms with Crippen molar-refractivity contribution in [3.63, 3.8) is 0 Å². The molecular formula is C24H19N3O4. The smallest absolute Gasteiger partial charge is 0.238 e. The topological polar surface area (TPSA) is 92.0 Å². The molecule has 0 N–H and O–H groups in total. The lowest BCUT2D eigenvalue weighted by Gasteiger charge is -2.29. The van der Waals surface area contributed by atoms with E-state index in [9.17, 15) is 9.59 Å². The first-order valence-electron chi connectivity index (χ1n) is 10.5. The van der Waals surface area contributed by atoms with Crippen LogP contribution in [0.2, 0.25) is 0 Å². The van der Waals surface area contributed by atoms with Gasteiger partial charge in [0.2, 0.25) is 11.8 Å². The third-order valence-electron chi connectivity index (χ3n) is 7.16. The van der Waals surface area contributed by atoms with E-state index in [1.807, 2.05) is 36.4 Å². The molecule has 2 aromatic carbocycles. The van der Waals surface area contributed by atoms with Crippen molar-refractivity contribution in [1.29, 1.82) is 5.26 Å². The molecule has 0 radical (unpaired) electrons. The number of para-hydroxylation sites is 1. The van der Waals surface area contributed by atoms with Crippen LogP contribution in [0.3, 0.4) is 0 Å². The second-order valence-electron chi connectivity index (χ2n) is 8.51. The number of hydrogen-bond donors (Lipinski definition) is 0. The summed E-state index contributed by atoms with van der Waals surface area (Å²) in [5.74, 6) is -0.180. The van der Waals surface area contributed by atoms with Gasteiger partial charge in [0.05, 0.1) is 23.2 Å². The number of rotatable bonds is 4. The highest BCUT2D eigenvalue weighted by molar-refractivity contribution is 6.23. The summed E-state index contributed by atoms with van der Waals surface area (Å²) in [4.78, 5) is 33.8. The van der Waals surface area contributed by atoms with E-state index in [0.29, 0.717) is 11.4 Å². The zero-order valence-electron chi connectivity index (χ0n) is 16.5. The van der Waals surface area contributed by atoms with Gasteiger partial charge >= 0.3 is 0 Å². The van der Waals surface area contributed by atoms with Crippen LogP contribution in [0, 0.1) is 40.9 Å². The van der Waals surface area contributed by atoms with Crippen LogP contribution in [-0.4, -0.2) is 30.2 Å². The van der Waals surface area contributed by atoms with E-state index in [4.69, 9.17) is 14.8 Å². The van der Waals surface area contributed by atoms with E-state index in [1.54, 1.807) is 24.3 Å². The van der Waals surface area contributed by atoms with E-state index in [0.717, 1.165) is 17.7 Å². The van der Waals surface area contributed by atoms with Gasteiger partial charge in [-0.25, -0.2) is 0 Å². The van der Waals surface area contributed by atoms with Crippen LogP contribution in [0.25, 0.3) is 0 Å². The first-order chi connectivity index (χ1) is 15.2. The Morgan fingerprint density at radius 1 is 1.00 bits per heavy atom. The lowest BCUT2D eigenvalue weighted by molar-refractivity contribution is -0.125. The van der Waals surface area contributed by atoms with Crippen LogP contribution in [0.4, 0.5) is 5.69 Å². The first kappa shape index (κ1) is 18.1. The number of carbonyl (C=O) groups excluding carboxylic acids is 2. The van der Waals surface area contributed by atoms with Crippen LogP contribution >= 0.6 is 0 Å². The molecule has 0 spiro atoms. The summed E-state index contributed by atoms with van der Waals surface area (Å²) in [5.41, 5.74) is 2.39. The van der Waals surface area contributed by atoms with Gasteiger partial charge in [-0.05, 0) is 48.7 Å². The van der Waals surface area contributed by atoms with Gasteiger partial charge in [0, 0.05) is 17.4 Å². The van der Waals surface area contributed by atoms with Crippen molar-refractivity contribution in [3.05, 3.63) is 60.2 Å². The molecular weight excluding hydrogens is 394 g/mol. The number of carbonyl (C=O) groups is 2. The predicted molar refractivity (Wildman–Crippen MR) is 110 cm³/mol. The average Bonchev–Trinajstić information content (AvgIpc) is 3.53. The predicted octanol–water partition coefficient (Wildman–Crippen LogP) is 2.76. The number of ether oxygens (including phenoxy) is 1. The number of oxime groups is 1. The molecule has 2 aliphatic carbocycles. The molecule has 7 nitrogen and oxygen atoms in total. The Morgan fingerprint density at radius 2 is 1.71 bits per heavy atom. The summed E-state index contributed by atoms with van der Waals surface area (Å²) in [6, 6.07) is 18.5. The fourth-order valence-electron chi connectivity index (χ4n) is 6.03. The third kappa shape index (κ3) is 2.48. The molecule has 2 heterocycles. The van der Waals surface area contributed by atoms with E-state index in [2.05, 4.69) is 5.16 Å². The van der Waals surface area contributed by atoms with Gasteiger partial charge in [-0.1, -0.05) is 23.4 Å². The number of nitriles is 1. The van der Waals surface area contributed by atoms with Gasteiger partial charge in [0.25, 0.3) is 0 Å². The maximum atomic E-state index is 13.3. The Kier molecular flexibility index (Phi) is 3.90. The van der Waals surface area contributed by atoms with Gasteiger partial charge < -0.3 is 9.57 Å². The summed E-state index contributed by atoms with van der Waals surface area (Å²) in [5, 5.41) is 13.0. The Balaban J connectivity index is 1.29. The number of hydrogen-bond acceptors (Lipinski definition) is 6. The minimum atomic E-state index is -0.324. The van der Waals surface area contributed by atoms with Gasteiger partial charge in [-0.3, -0.25) is 14.5 Å². The van der Waals surface area contributed by atoms with Crippen molar-refractivity contribution in [2.45, 2.75) is 12.5 Å². The standard InChI is InChI=1S/C24H19N3O4/c25-10-11-30-15-8-6-13(7-9-15)21-20-16-12-17(22(20)31-26-21)19-18(16)23(28)27(24(19)29)14-4-2-1-3-5-14/h1-9,16-20,22H,11-12H2/t16-,17+,18+,19-,20-,22+/m0/s1. The van der Waals surface area contributed by atoms with Crippen LogP contribution in [0.5, 0.6) is 5.75 Å². The Bertz CT molecular complexity index is 1140. The zero-order valence-corrected chi connectivity index (χ0v) is 16.5. The summed E-state index contributed by atoms with van der Waals surface area (Å²) in [7, 11) is 0. The molecule has 7 heteroatoms. The SMILES string of the molecule is N#CCOc1ccc(C2=NO[C@@H]3[C@@H]4C[C@H]([C@@H]23)[C@H]2C(=O)N(c3ccccc3)C(=O)[C@@H]42)cc1. The molecule has 154 valence electrons. The van der Waals surface area contributed by atoms with E-state index < -0.39 is 0 Å². The Morgan fingerprint density at radius 3 is 2.42 bits per heavy atom. The quantitative estimate of drug-likeness (QED) is 0.719. The molecule has 2 aliphatic heterocycles. The summed E-state index contributed by atoms with van der Waals surface area (Å²) in [6.45, 7) is -0.00498. The van der Waals surface area contributed by atoms with Gasteiger partial charge in [-0.15, -0.1) is 0 Å². The van der Waals surface area contributed by atoms with Gasteiger partial charge in [0.15, 0.2) is 6.61 Å². The number of anilines is 1. The number of amides is 2. The number of imide groups is 1. The van der Waals surface area contributed by atoms with Crippen LogP contribution in [0.1, 0.15) is 12.0 Å². The fraction of sp³-hybridized carbons (Fsp3) is 0.333. The average molecular weight is 413 g/mol. The van der Waals surface area contributed by atoms with E-state index in [-0.39, 0.29) is 54.1 Å². The fourth-order valence-corrected chi connectivity index (χ4v) is 6.03. The van der Waals surface area contributed by atoms with Crippen LogP contribution in [0.15, 0.2) is 59.8 Å². The van der Waals surface area contributed by atoms with Crippen molar-refractivity contribution in [3.8, 4) is 11.8 Å². The maximum absolute atomic E-state index is 13.3. The second kappa shape index (κ2) is 6.67. The highest BCUT2D eigenvalue weighted by Crippen LogP contribution is 2.62. The molecule has 2 saturated carbocycles. The van der Waals surface area contributed by atoms with E-state index in [1.165, 1.54) is 4.90 Å². The van der Waals surface area contributed by atoms with Crippen LogP contribution < -0.4 is 9.64 Å². The first-order valence-corrected chi connectivity index (χ1v) is 10.5. The molecule has 1 saturated heterocycles. The maximum Gasteiger partial charge on any atom is 0.238 e. The number of fused-ring (bicyclic) bond motifs is 8. The normalized spacial score (nSPS) is 32.4. The zero-order chi connectivity index (χ0) is 21.1. The second-order valence-corrected chi connectivity index (χ2v) is 8.51. The largest absolute Gasteiger partial charge is 0.479 e. The number of benzene rings is 2. The van der Waals surface area contributed by atoms with Crippen LogP contribution in [-0.2, 0) is 14.4 Å². The molecule has 2 bridgehead atoms. The molecule has 2 aromatic rings. The van der Waals surface area contributed by atoms with Crippen molar-refractivity contribution in [2.75, 3.05) is 11.5 Å². The van der Waals surface area contributed by atoms with Crippen molar-refractivity contribution < 1.29 is 19.2 Å². The van der Waals surface area contributed by atoms with Crippen molar-refractivity contribution >= 4 is 23.2 Å². The van der Waals surface area contributed by atoms with Crippen molar-refractivity contribution in [1.82, 2.24) is 0 Å².